The zero-order valence-corrected chi connectivity index (χ0v) is 8.68. The maximum absolute atomic E-state index is 8.89. The van der Waals surface area contributed by atoms with Crippen LogP contribution in [0.15, 0.2) is 12.3 Å². The molecule has 0 aromatic carbocycles. The fourth-order valence-corrected chi connectivity index (χ4v) is 1.50. The van der Waals surface area contributed by atoms with Crippen LogP contribution in [-0.4, -0.2) is 4.98 Å². The van der Waals surface area contributed by atoms with Gasteiger partial charge in [-0.1, -0.05) is 11.6 Å². The summed E-state index contributed by atoms with van der Waals surface area (Å²) < 4.78 is 0. The van der Waals surface area contributed by atoms with Crippen LogP contribution in [0.3, 0.4) is 0 Å². The smallest absolute Gasteiger partial charge is 0.0952 e. The Bertz CT molecular complexity index is 364. The van der Waals surface area contributed by atoms with Gasteiger partial charge in [0.1, 0.15) is 0 Å². The van der Waals surface area contributed by atoms with Crippen molar-refractivity contribution in [3.63, 3.8) is 0 Å². The lowest BCUT2D eigenvalue weighted by molar-refractivity contribution is 0.659. The molecule has 0 bridgehead atoms. The molecule has 1 aromatic heterocycles. The van der Waals surface area contributed by atoms with Crippen LogP contribution in [0.4, 0.5) is 0 Å². The van der Waals surface area contributed by atoms with Gasteiger partial charge < -0.3 is 0 Å². The Morgan fingerprint density at radius 2 is 2.15 bits per heavy atom. The monoisotopic (exact) mass is 194 g/mol. The van der Waals surface area contributed by atoms with Crippen LogP contribution < -0.4 is 0 Å². The van der Waals surface area contributed by atoms with Crippen LogP contribution in [0.25, 0.3) is 0 Å². The number of nitrogens with zero attached hydrogens (tertiary/aromatic N) is 2. The highest BCUT2D eigenvalue weighted by molar-refractivity contribution is 6.31. The van der Waals surface area contributed by atoms with Crippen LogP contribution in [0.5, 0.6) is 0 Å². The van der Waals surface area contributed by atoms with Gasteiger partial charge in [0.05, 0.1) is 22.2 Å². The van der Waals surface area contributed by atoms with Gasteiger partial charge in [0.25, 0.3) is 0 Å². The van der Waals surface area contributed by atoms with Crippen molar-refractivity contribution in [3.8, 4) is 6.07 Å². The molecule has 2 nitrogen and oxygen atoms in total. The van der Waals surface area contributed by atoms with E-state index in [0.717, 1.165) is 5.56 Å². The molecule has 0 amide bonds. The molecule has 0 fully saturated rings. The molecule has 0 spiro atoms. The Hall–Kier alpha value is -1.07. The summed E-state index contributed by atoms with van der Waals surface area (Å²) >= 11 is 5.98. The van der Waals surface area contributed by atoms with Gasteiger partial charge in [-0.25, -0.2) is 0 Å². The number of hydrogen-bond donors (Lipinski definition) is 0. The Morgan fingerprint density at radius 1 is 1.54 bits per heavy atom. The third kappa shape index (κ3) is 1.99. The molecule has 0 aliphatic carbocycles. The summed E-state index contributed by atoms with van der Waals surface area (Å²) in [7, 11) is 0. The van der Waals surface area contributed by atoms with E-state index < -0.39 is 5.41 Å². The Kier molecular flexibility index (Phi) is 2.58. The van der Waals surface area contributed by atoms with Gasteiger partial charge in [-0.2, -0.15) is 5.26 Å². The molecule has 0 N–H and O–H groups in total. The van der Waals surface area contributed by atoms with Crippen molar-refractivity contribution in [1.82, 2.24) is 4.98 Å². The van der Waals surface area contributed by atoms with Crippen molar-refractivity contribution in [2.75, 3.05) is 0 Å². The number of pyridine rings is 1. The molecule has 0 saturated carbocycles. The molecule has 0 saturated heterocycles. The van der Waals surface area contributed by atoms with Crippen molar-refractivity contribution in [1.29, 1.82) is 5.26 Å². The summed E-state index contributed by atoms with van der Waals surface area (Å²) in [6.07, 6.45) is 1.72. The molecule has 1 rings (SSSR count). The predicted octanol–water partition coefficient (Wildman–Crippen LogP) is 2.84. The first-order chi connectivity index (χ1) is 5.97. The topological polar surface area (TPSA) is 36.7 Å². The fraction of sp³-hybridized carbons (Fsp3) is 0.400. The van der Waals surface area contributed by atoms with Gasteiger partial charge in [0.15, 0.2) is 0 Å². The van der Waals surface area contributed by atoms with E-state index in [2.05, 4.69) is 11.1 Å². The van der Waals surface area contributed by atoms with Crippen molar-refractivity contribution < 1.29 is 0 Å². The van der Waals surface area contributed by atoms with Gasteiger partial charge in [0.2, 0.25) is 0 Å². The standard InChI is InChI=1S/C10H11ClN2/c1-7-4-8(11)9(13-5-7)10(2,3)6-12/h4-5H,1-3H3. The van der Waals surface area contributed by atoms with E-state index in [1.165, 1.54) is 0 Å². The van der Waals surface area contributed by atoms with Crippen LogP contribution >= 0.6 is 11.6 Å². The summed E-state index contributed by atoms with van der Waals surface area (Å²) in [6.45, 7) is 5.52. The van der Waals surface area contributed by atoms with Crippen molar-refractivity contribution in [2.45, 2.75) is 26.2 Å². The van der Waals surface area contributed by atoms with Gasteiger partial charge in [-0.05, 0) is 32.4 Å². The van der Waals surface area contributed by atoms with E-state index in [-0.39, 0.29) is 0 Å². The van der Waals surface area contributed by atoms with E-state index in [4.69, 9.17) is 16.9 Å². The minimum absolute atomic E-state index is 0.562. The second kappa shape index (κ2) is 3.35. The summed E-state index contributed by atoms with van der Waals surface area (Å²) in [5.41, 5.74) is 1.02. The number of nitriles is 1. The number of rotatable bonds is 1. The zero-order valence-electron chi connectivity index (χ0n) is 7.93. The van der Waals surface area contributed by atoms with Gasteiger partial charge >= 0.3 is 0 Å². The third-order valence-electron chi connectivity index (χ3n) is 1.85. The molecule has 0 unspecified atom stereocenters. The molecule has 1 heterocycles. The first-order valence-corrected chi connectivity index (χ1v) is 4.39. The first kappa shape index (κ1) is 10.0. The second-order valence-corrected chi connectivity index (χ2v) is 3.99. The van der Waals surface area contributed by atoms with Crippen LogP contribution in [0, 0.1) is 18.3 Å². The number of aryl methyl sites for hydroxylation is 1. The molecule has 68 valence electrons. The van der Waals surface area contributed by atoms with Crippen LogP contribution in [0.1, 0.15) is 25.1 Å². The Morgan fingerprint density at radius 3 is 2.62 bits per heavy atom. The molecular formula is C10H11ClN2. The molecule has 0 aliphatic heterocycles. The fourth-order valence-electron chi connectivity index (χ4n) is 1.05. The molecule has 13 heavy (non-hydrogen) atoms. The van der Waals surface area contributed by atoms with Gasteiger partial charge in [-0.3, -0.25) is 4.98 Å². The maximum atomic E-state index is 8.89. The highest BCUT2D eigenvalue weighted by Gasteiger charge is 2.24. The van der Waals surface area contributed by atoms with E-state index in [1.54, 1.807) is 20.0 Å². The molecular weight excluding hydrogens is 184 g/mol. The summed E-state index contributed by atoms with van der Waals surface area (Å²) in [5.74, 6) is 0. The summed E-state index contributed by atoms with van der Waals surface area (Å²) in [4.78, 5) is 4.17. The molecule has 0 radical (unpaired) electrons. The summed E-state index contributed by atoms with van der Waals surface area (Å²) in [5, 5.41) is 9.45. The lowest BCUT2D eigenvalue weighted by Gasteiger charge is -2.15. The summed E-state index contributed by atoms with van der Waals surface area (Å²) in [6, 6.07) is 3.99. The quantitative estimate of drug-likeness (QED) is 0.690. The van der Waals surface area contributed by atoms with E-state index in [0.29, 0.717) is 10.7 Å². The number of hydrogen-bond acceptors (Lipinski definition) is 2. The normalized spacial score (nSPS) is 11.0. The highest BCUT2D eigenvalue weighted by Crippen LogP contribution is 2.27. The second-order valence-electron chi connectivity index (χ2n) is 3.58. The average molecular weight is 195 g/mol. The minimum atomic E-state index is -0.620. The van der Waals surface area contributed by atoms with Crippen molar-refractivity contribution in [3.05, 3.63) is 28.5 Å². The SMILES string of the molecule is Cc1cnc(C(C)(C)C#N)c(Cl)c1. The van der Waals surface area contributed by atoms with E-state index in [9.17, 15) is 0 Å². The van der Waals surface area contributed by atoms with Gasteiger partial charge in [-0.15, -0.1) is 0 Å². The zero-order chi connectivity index (χ0) is 10.1. The number of halogens is 1. The van der Waals surface area contributed by atoms with Crippen LogP contribution in [-0.2, 0) is 5.41 Å². The van der Waals surface area contributed by atoms with Crippen LogP contribution in [0.2, 0.25) is 5.02 Å². The molecule has 0 atom stereocenters. The van der Waals surface area contributed by atoms with E-state index >= 15 is 0 Å². The average Bonchev–Trinajstić information content (AvgIpc) is 2.03. The van der Waals surface area contributed by atoms with Crippen molar-refractivity contribution >= 4 is 11.6 Å². The predicted molar refractivity (Wildman–Crippen MR) is 52.6 cm³/mol. The lowest BCUT2D eigenvalue weighted by atomic mass is 9.90. The minimum Gasteiger partial charge on any atom is -0.258 e. The lowest BCUT2D eigenvalue weighted by Crippen LogP contribution is -2.16. The molecule has 0 aliphatic rings. The Balaban J connectivity index is 3.26. The van der Waals surface area contributed by atoms with Gasteiger partial charge in [0, 0.05) is 6.20 Å². The first-order valence-electron chi connectivity index (χ1n) is 4.01. The highest BCUT2D eigenvalue weighted by atomic mass is 35.5. The maximum Gasteiger partial charge on any atom is 0.0952 e. The van der Waals surface area contributed by atoms with Crippen molar-refractivity contribution in [2.24, 2.45) is 0 Å². The largest absolute Gasteiger partial charge is 0.258 e. The third-order valence-corrected chi connectivity index (χ3v) is 2.14. The Labute approximate surface area is 83.2 Å². The molecule has 3 heteroatoms. The number of aromatic nitrogens is 1. The molecule has 1 aromatic rings. The van der Waals surface area contributed by atoms with E-state index in [1.807, 2.05) is 13.0 Å².